The quantitative estimate of drug-likeness (QED) is 0.237. The van der Waals surface area contributed by atoms with Crippen LogP contribution in [-0.4, -0.2) is 7.11 Å². The third-order valence-electron chi connectivity index (χ3n) is 0.591. The van der Waals surface area contributed by atoms with Gasteiger partial charge in [-0.2, -0.15) is 0 Å². The Labute approximate surface area is 48.8 Å². The van der Waals surface area contributed by atoms with Gasteiger partial charge < -0.3 is 10.2 Å². The zero-order valence-corrected chi connectivity index (χ0v) is 4.85. The van der Waals surface area contributed by atoms with Crippen LogP contribution in [0, 0.1) is 0 Å². The number of nitrogens with one attached hydrogen (secondary N) is 1. The van der Waals surface area contributed by atoms with E-state index in [0.717, 1.165) is 0 Å². The summed E-state index contributed by atoms with van der Waals surface area (Å²) in [6.45, 7) is 3.51. The molecule has 0 aliphatic rings. The summed E-state index contributed by atoms with van der Waals surface area (Å²) in [4.78, 5) is 0. The third-order valence-corrected chi connectivity index (χ3v) is 0.591. The summed E-state index contributed by atoms with van der Waals surface area (Å²) in [5, 5.41) is 0. The highest BCUT2D eigenvalue weighted by Crippen LogP contribution is 1.81. The third kappa shape index (κ3) is 3.24. The summed E-state index contributed by atoms with van der Waals surface area (Å²) in [6.07, 6.45) is 3.11. The Morgan fingerprint density at radius 3 is 2.88 bits per heavy atom. The number of ether oxygens (including phenoxy) is 1. The Bertz CT molecular complexity index is 98.6. The molecule has 0 atom stereocenters. The van der Waals surface area contributed by atoms with Crippen LogP contribution >= 0.6 is 0 Å². The highest BCUT2D eigenvalue weighted by molar-refractivity contribution is 5.08. The SMILES string of the molecule is C=C(/C=C/OC)NN. The second kappa shape index (κ2) is 4.21. The molecule has 0 amide bonds. The number of hydrogen-bond acceptors (Lipinski definition) is 3. The predicted molar refractivity (Wildman–Crippen MR) is 32.6 cm³/mol. The van der Waals surface area contributed by atoms with Crippen molar-refractivity contribution in [1.82, 2.24) is 5.43 Å². The highest BCUT2D eigenvalue weighted by atomic mass is 16.5. The van der Waals surface area contributed by atoms with Crippen LogP contribution in [0.4, 0.5) is 0 Å². The first kappa shape index (κ1) is 7.04. The van der Waals surface area contributed by atoms with Crippen molar-refractivity contribution in [2.75, 3.05) is 7.11 Å². The van der Waals surface area contributed by atoms with E-state index in [4.69, 9.17) is 5.84 Å². The highest BCUT2D eigenvalue weighted by Gasteiger charge is 1.75. The second-order valence-electron chi connectivity index (χ2n) is 1.21. The van der Waals surface area contributed by atoms with Crippen LogP contribution in [0.5, 0.6) is 0 Å². The zero-order chi connectivity index (χ0) is 6.41. The van der Waals surface area contributed by atoms with Gasteiger partial charge in [-0.15, -0.1) is 0 Å². The normalized spacial score (nSPS) is 9.25. The minimum Gasteiger partial charge on any atom is -0.504 e. The van der Waals surface area contributed by atoms with Crippen LogP contribution in [0.25, 0.3) is 0 Å². The summed E-state index contributed by atoms with van der Waals surface area (Å²) >= 11 is 0. The van der Waals surface area contributed by atoms with Crippen LogP contribution in [0.1, 0.15) is 0 Å². The van der Waals surface area contributed by atoms with Gasteiger partial charge in [0.25, 0.3) is 0 Å². The minimum atomic E-state index is 0.617. The fourth-order valence-electron chi connectivity index (χ4n) is 0.198. The van der Waals surface area contributed by atoms with Crippen LogP contribution in [-0.2, 0) is 4.74 Å². The molecule has 0 fully saturated rings. The molecular formula is C5H10N2O. The van der Waals surface area contributed by atoms with Crippen molar-refractivity contribution in [1.29, 1.82) is 0 Å². The van der Waals surface area contributed by atoms with Gasteiger partial charge in [0.1, 0.15) is 0 Å². The molecule has 0 radical (unpaired) electrons. The topological polar surface area (TPSA) is 47.3 Å². The van der Waals surface area contributed by atoms with E-state index < -0.39 is 0 Å². The lowest BCUT2D eigenvalue weighted by Gasteiger charge is -1.93. The lowest BCUT2D eigenvalue weighted by atomic mass is 10.5. The zero-order valence-electron chi connectivity index (χ0n) is 4.85. The van der Waals surface area contributed by atoms with Crippen molar-refractivity contribution >= 4 is 0 Å². The first-order valence-electron chi connectivity index (χ1n) is 2.16. The van der Waals surface area contributed by atoms with Crippen LogP contribution < -0.4 is 11.3 Å². The van der Waals surface area contributed by atoms with E-state index in [0.29, 0.717) is 5.70 Å². The van der Waals surface area contributed by atoms with Crippen molar-refractivity contribution in [2.24, 2.45) is 5.84 Å². The maximum absolute atomic E-state index is 4.96. The molecule has 3 N–H and O–H groups in total. The molecule has 0 aromatic heterocycles. The van der Waals surface area contributed by atoms with Gasteiger partial charge in [-0.25, -0.2) is 0 Å². The fraction of sp³-hybridized carbons (Fsp3) is 0.200. The Morgan fingerprint density at radius 2 is 2.50 bits per heavy atom. The summed E-state index contributed by atoms with van der Waals surface area (Å²) in [5.41, 5.74) is 2.96. The van der Waals surface area contributed by atoms with Gasteiger partial charge in [-0.3, -0.25) is 5.84 Å². The monoisotopic (exact) mass is 114 g/mol. The molecular weight excluding hydrogens is 104 g/mol. The molecule has 0 saturated carbocycles. The summed E-state index contributed by atoms with van der Waals surface area (Å²) in [7, 11) is 1.56. The first-order chi connectivity index (χ1) is 3.81. The molecule has 0 bridgehead atoms. The van der Waals surface area contributed by atoms with Gasteiger partial charge in [0, 0.05) is 5.70 Å². The lowest BCUT2D eigenvalue weighted by molar-refractivity contribution is 0.337. The Hall–Kier alpha value is -0.960. The Balaban J connectivity index is 3.37. The van der Waals surface area contributed by atoms with Crippen molar-refractivity contribution < 1.29 is 4.74 Å². The predicted octanol–water partition coefficient (Wildman–Crippen LogP) is 0.123. The van der Waals surface area contributed by atoms with Gasteiger partial charge in [-0.1, -0.05) is 6.58 Å². The summed E-state index contributed by atoms with van der Waals surface area (Å²) in [6, 6.07) is 0. The average molecular weight is 114 g/mol. The molecule has 0 saturated heterocycles. The first-order valence-corrected chi connectivity index (χ1v) is 2.16. The molecule has 8 heavy (non-hydrogen) atoms. The summed E-state index contributed by atoms with van der Waals surface area (Å²) in [5.74, 6) is 4.96. The van der Waals surface area contributed by atoms with E-state index in [1.165, 1.54) is 6.26 Å². The van der Waals surface area contributed by atoms with Crippen molar-refractivity contribution in [2.45, 2.75) is 0 Å². The maximum atomic E-state index is 4.96. The van der Waals surface area contributed by atoms with E-state index in [2.05, 4.69) is 16.7 Å². The minimum absolute atomic E-state index is 0.617. The van der Waals surface area contributed by atoms with Crippen LogP contribution in [0.3, 0.4) is 0 Å². The number of hydrogen-bond donors (Lipinski definition) is 2. The Morgan fingerprint density at radius 1 is 1.88 bits per heavy atom. The maximum Gasteiger partial charge on any atom is 0.0845 e. The standard InChI is InChI=1S/C5H10N2O/c1-5(7-6)3-4-8-2/h3-4,7H,1,6H2,2H3/b4-3+. The largest absolute Gasteiger partial charge is 0.504 e. The molecule has 0 aliphatic heterocycles. The number of hydrazine groups is 1. The van der Waals surface area contributed by atoms with Gasteiger partial charge in [-0.05, 0) is 6.08 Å². The molecule has 0 aromatic rings. The molecule has 3 heteroatoms. The van der Waals surface area contributed by atoms with E-state index in [-0.39, 0.29) is 0 Å². The van der Waals surface area contributed by atoms with E-state index >= 15 is 0 Å². The molecule has 46 valence electrons. The lowest BCUT2D eigenvalue weighted by Crippen LogP contribution is -2.18. The number of nitrogens with two attached hydrogens (primary N) is 1. The van der Waals surface area contributed by atoms with Gasteiger partial charge in [0.15, 0.2) is 0 Å². The van der Waals surface area contributed by atoms with E-state index in [1.807, 2.05) is 0 Å². The number of allylic oxidation sites excluding steroid dienone is 1. The number of rotatable bonds is 3. The van der Waals surface area contributed by atoms with E-state index in [9.17, 15) is 0 Å². The van der Waals surface area contributed by atoms with Gasteiger partial charge in [0.2, 0.25) is 0 Å². The second-order valence-corrected chi connectivity index (χ2v) is 1.21. The van der Waals surface area contributed by atoms with Gasteiger partial charge >= 0.3 is 0 Å². The Kier molecular flexibility index (Phi) is 3.70. The van der Waals surface area contributed by atoms with Crippen molar-refractivity contribution in [3.8, 4) is 0 Å². The molecule has 3 nitrogen and oxygen atoms in total. The smallest absolute Gasteiger partial charge is 0.0845 e. The molecule has 0 unspecified atom stereocenters. The molecule has 0 aromatic carbocycles. The molecule has 0 spiro atoms. The van der Waals surface area contributed by atoms with Crippen molar-refractivity contribution in [3.63, 3.8) is 0 Å². The average Bonchev–Trinajstić information content (AvgIpc) is 1.83. The van der Waals surface area contributed by atoms with Crippen LogP contribution in [0.2, 0.25) is 0 Å². The molecule has 0 heterocycles. The molecule has 0 aliphatic carbocycles. The van der Waals surface area contributed by atoms with E-state index in [1.54, 1.807) is 13.2 Å². The van der Waals surface area contributed by atoms with Crippen molar-refractivity contribution in [3.05, 3.63) is 24.6 Å². The summed E-state index contributed by atoms with van der Waals surface area (Å²) < 4.78 is 4.58. The van der Waals surface area contributed by atoms with Gasteiger partial charge in [0.05, 0.1) is 13.4 Å². The number of methoxy groups -OCH3 is 1. The fourth-order valence-corrected chi connectivity index (χ4v) is 0.198. The van der Waals surface area contributed by atoms with Crippen LogP contribution in [0.15, 0.2) is 24.6 Å². The molecule has 0 rings (SSSR count).